The van der Waals surface area contributed by atoms with Crippen LogP contribution < -0.4 is 4.74 Å². The second-order valence-electron chi connectivity index (χ2n) is 5.07. The molecule has 1 heterocycles. The highest BCUT2D eigenvalue weighted by molar-refractivity contribution is 5.97. The molecule has 0 aliphatic carbocycles. The molecule has 104 valence electrons. The van der Waals surface area contributed by atoms with E-state index in [1.807, 2.05) is 0 Å². The number of benzene rings is 1. The summed E-state index contributed by atoms with van der Waals surface area (Å²) in [6.45, 7) is 4.49. The van der Waals surface area contributed by atoms with Crippen molar-refractivity contribution in [2.24, 2.45) is 5.92 Å². The van der Waals surface area contributed by atoms with Gasteiger partial charge >= 0.3 is 0 Å². The van der Waals surface area contributed by atoms with Crippen LogP contribution in [-0.2, 0) is 0 Å². The van der Waals surface area contributed by atoms with Crippen LogP contribution >= 0.6 is 0 Å². The van der Waals surface area contributed by atoms with Gasteiger partial charge in [0, 0.05) is 12.1 Å². The Morgan fingerprint density at radius 1 is 1.53 bits per heavy atom. The van der Waals surface area contributed by atoms with Gasteiger partial charge in [-0.05, 0) is 37.1 Å². The number of likely N-dealkylation sites (tertiary alicyclic amines) is 1. The van der Waals surface area contributed by atoms with Crippen molar-refractivity contribution in [3.05, 3.63) is 29.6 Å². The van der Waals surface area contributed by atoms with Crippen molar-refractivity contribution in [1.29, 1.82) is 0 Å². The van der Waals surface area contributed by atoms with Gasteiger partial charge in [0.05, 0.1) is 13.7 Å². The van der Waals surface area contributed by atoms with Crippen molar-refractivity contribution in [3.8, 4) is 5.75 Å². The lowest BCUT2D eigenvalue weighted by Gasteiger charge is -2.14. The zero-order valence-corrected chi connectivity index (χ0v) is 11.5. The van der Waals surface area contributed by atoms with E-state index in [1.165, 1.54) is 19.2 Å². The number of hydrogen-bond acceptors (Lipinski definition) is 3. The van der Waals surface area contributed by atoms with E-state index in [4.69, 9.17) is 4.74 Å². The number of hydrogen-bond donors (Lipinski definition) is 0. The Kier molecular flexibility index (Phi) is 4.53. The van der Waals surface area contributed by atoms with E-state index in [1.54, 1.807) is 6.07 Å². The number of carbonyl (C=O) groups excluding carboxylic acids is 1. The van der Waals surface area contributed by atoms with Crippen molar-refractivity contribution in [1.82, 2.24) is 4.90 Å². The molecule has 4 heteroatoms. The zero-order chi connectivity index (χ0) is 13.8. The molecule has 0 saturated carbocycles. The molecule has 1 aliphatic rings. The van der Waals surface area contributed by atoms with Crippen LogP contribution in [0.15, 0.2) is 18.2 Å². The maximum atomic E-state index is 13.6. The van der Waals surface area contributed by atoms with E-state index in [0.29, 0.717) is 18.0 Å². The Morgan fingerprint density at radius 2 is 2.32 bits per heavy atom. The zero-order valence-electron chi connectivity index (χ0n) is 11.5. The molecule has 0 aromatic heterocycles. The normalized spacial score (nSPS) is 19.6. The van der Waals surface area contributed by atoms with Gasteiger partial charge in [0.1, 0.15) is 0 Å². The average Bonchev–Trinajstić information content (AvgIpc) is 2.86. The molecule has 1 fully saturated rings. The molecule has 0 bridgehead atoms. The first-order chi connectivity index (χ1) is 9.13. The van der Waals surface area contributed by atoms with Gasteiger partial charge in [0.2, 0.25) is 0 Å². The molecule has 3 nitrogen and oxygen atoms in total. The van der Waals surface area contributed by atoms with Crippen LogP contribution in [0.3, 0.4) is 0 Å². The fraction of sp³-hybridized carbons (Fsp3) is 0.533. The van der Waals surface area contributed by atoms with Crippen molar-refractivity contribution in [2.75, 3.05) is 26.7 Å². The molecular weight excluding hydrogens is 245 g/mol. The molecule has 1 aliphatic heterocycles. The van der Waals surface area contributed by atoms with Crippen LogP contribution in [0.4, 0.5) is 4.39 Å². The van der Waals surface area contributed by atoms with Crippen LogP contribution in [0.25, 0.3) is 0 Å². The summed E-state index contributed by atoms with van der Waals surface area (Å²) in [6, 6.07) is 4.38. The molecule has 0 radical (unpaired) electrons. The Bertz CT molecular complexity index is 461. The second-order valence-corrected chi connectivity index (χ2v) is 5.07. The SMILES string of the molecule is CCC1CCN(CC(=O)c2ccc(OC)c(F)c2)C1. The van der Waals surface area contributed by atoms with Gasteiger partial charge in [-0.3, -0.25) is 9.69 Å². The Labute approximate surface area is 113 Å². The van der Waals surface area contributed by atoms with Gasteiger partial charge in [-0.25, -0.2) is 4.39 Å². The number of halogens is 1. The molecule has 1 atom stereocenters. The lowest BCUT2D eigenvalue weighted by atomic mass is 10.1. The molecule has 1 saturated heterocycles. The largest absolute Gasteiger partial charge is 0.494 e. The molecular formula is C15H20FNO2. The molecule has 19 heavy (non-hydrogen) atoms. The summed E-state index contributed by atoms with van der Waals surface area (Å²) in [6.07, 6.45) is 2.31. The third-order valence-electron chi connectivity index (χ3n) is 3.79. The number of Topliss-reactive ketones (excluding diaryl/α,β-unsaturated/α-hetero) is 1. The predicted octanol–water partition coefficient (Wildman–Crippen LogP) is 2.75. The van der Waals surface area contributed by atoms with Crippen LogP contribution in [0.2, 0.25) is 0 Å². The molecule has 1 aromatic carbocycles. The third kappa shape index (κ3) is 3.32. The van der Waals surface area contributed by atoms with E-state index in [9.17, 15) is 9.18 Å². The second kappa shape index (κ2) is 6.15. The van der Waals surface area contributed by atoms with E-state index >= 15 is 0 Å². The van der Waals surface area contributed by atoms with Gasteiger partial charge < -0.3 is 4.74 Å². The summed E-state index contributed by atoms with van der Waals surface area (Å²) in [5.41, 5.74) is 0.415. The maximum Gasteiger partial charge on any atom is 0.176 e. The number of nitrogens with zero attached hydrogens (tertiary/aromatic N) is 1. The van der Waals surface area contributed by atoms with Crippen LogP contribution in [0.1, 0.15) is 30.1 Å². The van der Waals surface area contributed by atoms with Crippen LogP contribution in [-0.4, -0.2) is 37.4 Å². The summed E-state index contributed by atoms with van der Waals surface area (Å²) in [4.78, 5) is 14.2. The standard InChI is InChI=1S/C15H20FNO2/c1-3-11-6-7-17(9-11)10-14(18)12-4-5-15(19-2)13(16)8-12/h4-5,8,11H,3,6-7,9-10H2,1-2H3. The lowest BCUT2D eigenvalue weighted by molar-refractivity contribution is 0.0942. The number of ketones is 1. The topological polar surface area (TPSA) is 29.5 Å². The number of methoxy groups -OCH3 is 1. The summed E-state index contributed by atoms with van der Waals surface area (Å²) in [5, 5.41) is 0. The van der Waals surface area contributed by atoms with E-state index in [2.05, 4.69) is 11.8 Å². The molecule has 0 amide bonds. The van der Waals surface area contributed by atoms with Crippen LogP contribution in [0.5, 0.6) is 5.75 Å². The molecule has 1 aromatic rings. The molecule has 0 spiro atoms. The predicted molar refractivity (Wildman–Crippen MR) is 72.1 cm³/mol. The smallest absolute Gasteiger partial charge is 0.176 e. The monoisotopic (exact) mass is 265 g/mol. The number of rotatable bonds is 5. The number of ether oxygens (including phenoxy) is 1. The first-order valence-corrected chi connectivity index (χ1v) is 6.73. The van der Waals surface area contributed by atoms with Gasteiger partial charge in [-0.2, -0.15) is 0 Å². The minimum Gasteiger partial charge on any atom is -0.494 e. The summed E-state index contributed by atoms with van der Waals surface area (Å²) in [5.74, 6) is 0.351. The minimum atomic E-state index is -0.485. The van der Waals surface area contributed by atoms with E-state index in [0.717, 1.165) is 25.9 Å². The quantitative estimate of drug-likeness (QED) is 0.767. The van der Waals surface area contributed by atoms with Crippen molar-refractivity contribution in [2.45, 2.75) is 19.8 Å². The fourth-order valence-corrected chi connectivity index (χ4v) is 2.52. The van der Waals surface area contributed by atoms with Gasteiger partial charge in [0.15, 0.2) is 17.3 Å². The highest BCUT2D eigenvalue weighted by Crippen LogP contribution is 2.21. The van der Waals surface area contributed by atoms with Crippen molar-refractivity contribution < 1.29 is 13.9 Å². The van der Waals surface area contributed by atoms with E-state index < -0.39 is 5.82 Å². The van der Waals surface area contributed by atoms with Crippen LogP contribution in [0, 0.1) is 11.7 Å². The summed E-state index contributed by atoms with van der Waals surface area (Å²) in [7, 11) is 1.41. The minimum absolute atomic E-state index is 0.0293. The summed E-state index contributed by atoms with van der Waals surface area (Å²) < 4.78 is 18.4. The molecule has 0 N–H and O–H groups in total. The Morgan fingerprint density at radius 3 is 2.89 bits per heavy atom. The average molecular weight is 265 g/mol. The van der Waals surface area contributed by atoms with Gasteiger partial charge in [0.25, 0.3) is 0 Å². The highest BCUT2D eigenvalue weighted by Gasteiger charge is 2.23. The summed E-state index contributed by atoms with van der Waals surface area (Å²) >= 11 is 0. The Hall–Kier alpha value is -1.42. The van der Waals surface area contributed by atoms with Gasteiger partial charge in [-0.15, -0.1) is 0 Å². The van der Waals surface area contributed by atoms with E-state index in [-0.39, 0.29) is 11.5 Å². The molecule has 1 unspecified atom stereocenters. The highest BCUT2D eigenvalue weighted by atomic mass is 19.1. The first kappa shape index (κ1) is 14.0. The maximum absolute atomic E-state index is 13.6. The van der Waals surface area contributed by atoms with Crippen molar-refractivity contribution in [3.63, 3.8) is 0 Å². The first-order valence-electron chi connectivity index (χ1n) is 6.73. The fourth-order valence-electron chi connectivity index (χ4n) is 2.52. The number of carbonyl (C=O) groups is 1. The third-order valence-corrected chi connectivity index (χ3v) is 3.79. The van der Waals surface area contributed by atoms with Crippen molar-refractivity contribution >= 4 is 5.78 Å². The molecule has 2 rings (SSSR count). The van der Waals surface area contributed by atoms with Gasteiger partial charge in [-0.1, -0.05) is 13.3 Å². The Balaban J connectivity index is 1.98. The lowest BCUT2D eigenvalue weighted by Crippen LogP contribution is -2.27.